The Morgan fingerprint density at radius 2 is 2.03 bits per heavy atom. The molecule has 7 heteroatoms. The molecule has 0 unspecified atom stereocenters. The van der Waals surface area contributed by atoms with Gasteiger partial charge in [0.05, 0.1) is 15.8 Å². The molecule has 1 N–H and O–H groups in total. The highest BCUT2D eigenvalue weighted by Gasteiger charge is 2.17. The van der Waals surface area contributed by atoms with Gasteiger partial charge in [-0.2, -0.15) is 0 Å². The summed E-state index contributed by atoms with van der Waals surface area (Å²) in [7, 11) is 1.66. The van der Waals surface area contributed by atoms with Crippen LogP contribution in [0.4, 0.5) is 0 Å². The number of carbonyl (C=O) groups is 1. The lowest BCUT2D eigenvalue weighted by molar-refractivity contribution is 0.0964. The Kier molecular flexibility index (Phi) is 5.18. The van der Waals surface area contributed by atoms with Crippen LogP contribution in [0, 0.1) is 6.92 Å². The molecule has 0 radical (unpaired) electrons. The van der Waals surface area contributed by atoms with Gasteiger partial charge in [0.25, 0.3) is 5.91 Å². The van der Waals surface area contributed by atoms with Crippen LogP contribution in [-0.4, -0.2) is 35.9 Å². The van der Waals surface area contributed by atoms with Gasteiger partial charge in [0.2, 0.25) is 0 Å². The van der Waals surface area contributed by atoms with E-state index in [9.17, 15) is 4.79 Å². The molecule has 1 fully saturated rings. The number of aryl methyl sites for hydroxylation is 1. The van der Waals surface area contributed by atoms with Crippen molar-refractivity contribution in [3.05, 3.63) is 51.8 Å². The van der Waals surface area contributed by atoms with Gasteiger partial charge in [0.15, 0.2) is 0 Å². The summed E-state index contributed by atoms with van der Waals surface area (Å²) in [5, 5.41) is 3.70. The molecule has 3 aromatic heterocycles. The standard InChI is InChI=1S/C23H23N3O2S2/c1-14-21(23(27)24-2)17-6-5-15(11-20(17)29-14)28-19-7-8-25-18-12-16(30-22(18)19)13-26-9-3-4-10-26/h5-8,11-12H,3-4,9-10,13H2,1-2H3,(H,24,27). The Balaban J connectivity index is 1.45. The molecule has 0 spiro atoms. The lowest BCUT2D eigenvalue weighted by Gasteiger charge is -2.12. The number of likely N-dealkylation sites (tertiary alicyclic amines) is 1. The number of hydrogen-bond acceptors (Lipinski definition) is 6. The van der Waals surface area contributed by atoms with Crippen molar-refractivity contribution < 1.29 is 9.53 Å². The molecule has 5 nitrogen and oxygen atoms in total. The monoisotopic (exact) mass is 437 g/mol. The van der Waals surface area contributed by atoms with E-state index in [0.29, 0.717) is 0 Å². The van der Waals surface area contributed by atoms with Crippen molar-refractivity contribution in [2.75, 3.05) is 20.1 Å². The van der Waals surface area contributed by atoms with Crippen molar-refractivity contribution in [3.8, 4) is 11.5 Å². The Labute approximate surface area is 183 Å². The molecule has 4 heterocycles. The first-order valence-electron chi connectivity index (χ1n) is 10.2. The number of aromatic nitrogens is 1. The van der Waals surface area contributed by atoms with Crippen LogP contribution in [0.1, 0.15) is 33.0 Å². The van der Waals surface area contributed by atoms with Gasteiger partial charge >= 0.3 is 0 Å². The van der Waals surface area contributed by atoms with Crippen LogP contribution in [0.5, 0.6) is 11.5 Å². The summed E-state index contributed by atoms with van der Waals surface area (Å²) in [6, 6.07) is 10.0. The summed E-state index contributed by atoms with van der Waals surface area (Å²) in [6.45, 7) is 5.34. The van der Waals surface area contributed by atoms with Gasteiger partial charge in [-0.05, 0) is 57.1 Å². The SMILES string of the molecule is CNC(=O)c1c(C)sc2cc(Oc3ccnc4cc(CN5CCCC5)sc34)ccc12. The maximum absolute atomic E-state index is 12.2. The van der Waals surface area contributed by atoms with Gasteiger partial charge in [0, 0.05) is 45.7 Å². The van der Waals surface area contributed by atoms with Crippen LogP contribution in [0.25, 0.3) is 20.3 Å². The molecule has 1 saturated heterocycles. The summed E-state index contributed by atoms with van der Waals surface area (Å²) in [5.41, 5.74) is 1.74. The number of fused-ring (bicyclic) bond motifs is 2. The number of rotatable bonds is 5. The van der Waals surface area contributed by atoms with E-state index in [2.05, 4.69) is 21.3 Å². The highest BCUT2D eigenvalue weighted by molar-refractivity contribution is 7.19. The largest absolute Gasteiger partial charge is 0.456 e. The van der Waals surface area contributed by atoms with Crippen molar-refractivity contribution in [2.45, 2.75) is 26.3 Å². The van der Waals surface area contributed by atoms with E-state index in [1.54, 1.807) is 29.7 Å². The van der Waals surface area contributed by atoms with Crippen LogP contribution in [-0.2, 0) is 6.54 Å². The minimum absolute atomic E-state index is 0.0487. The number of nitrogens with zero attached hydrogens (tertiary/aromatic N) is 2. The third kappa shape index (κ3) is 3.57. The molecule has 1 aliphatic heterocycles. The van der Waals surface area contributed by atoms with Gasteiger partial charge in [-0.1, -0.05) is 0 Å². The smallest absolute Gasteiger partial charge is 0.252 e. The van der Waals surface area contributed by atoms with E-state index in [-0.39, 0.29) is 5.91 Å². The summed E-state index contributed by atoms with van der Waals surface area (Å²) in [5.74, 6) is 1.55. The normalized spacial score (nSPS) is 14.6. The second kappa shape index (κ2) is 7.98. The first-order chi connectivity index (χ1) is 14.6. The topological polar surface area (TPSA) is 54.5 Å². The van der Waals surface area contributed by atoms with Gasteiger partial charge < -0.3 is 10.1 Å². The third-order valence-corrected chi connectivity index (χ3v) is 7.72. The Hall–Kier alpha value is -2.48. The van der Waals surface area contributed by atoms with Crippen molar-refractivity contribution >= 4 is 48.9 Å². The van der Waals surface area contributed by atoms with E-state index >= 15 is 0 Å². The Morgan fingerprint density at radius 1 is 1.20 bits per heavy atom. The first-order valence-corrected chi connectivity index (χ1v) is 11.8. The predicted octanol–water partition coefficient (Wildman–Crippen LogP) is 5.57. The van der Waals surface area contributed by atoms with Crippen LogP contribution >= 0.6 is 22.7 Å². The zero-order valence-electron chi connectivity index (χ0n) is 17.0. The minimum atomic E-state index is -0.0487. The Bertz CT molecular complexity index is 1240. The van der Waals surface area contributed by atoms with Gasteiger partial charge in [-0.3, -0.25) is 14.7 Å². The summed E-state index contributed by atoms with van der Waals surface area (Å²) < 4.78 is 8.42. The number of benzene rings is 1. The van der Waals surface area contributed by atoms with Crippen LogP contribution < -0.4 is 10.1 Å². The molecule has 0 bridgehead atoms. The Morgan fingerprint density at radius 3 is 2.83 bits per heavy atom. The molecule has 4 aromatic rings. The van der Waals surface area contributed by atoms with Crippen molar-refractivity contribution in [3.63, 3.8) is 0 Å². The second-order valence-corrected chi connectivity index (χ2v) is 9.98. The molecule has 1 aromatic carbocycles. The molecule has 0 aliphatic carbocycles. The van der Waals surface area contributed by atoms with Gasteiger partial charge in [-0.25, -0.2) is 0 Å². The van der Waals surface area contributed by atoms with E-state index in [4.69, 9.17) is 4.74 Å². The van der Waals surface area contributed by atoms with Crippen molar-refractivity contribution in [2.24, 2.45) is 0 Å². The number of nitrogens with one attached hydrogen (secondary N) is 1. The van der Waals surface area contributed by atoms with E-state index in [1.807, 2.05) is 37.4 Å². The number of thiophene rings is 2. The molecule has 0 atom stereocenters. The summed E-state index contributed by atoms with van der Waals surface area (Å²) >= 11 is 3.38. The van der Waals surface area contributed by atoms with Gasteiger partial charge in [0.1, 0.15) is 11.5 Å². The highest BCUT2D eigenvalue weighted by Crippen LogP contribution is 2.38. The molecule has 154 valence electrons. The lowest BCUT2D eigenvalue weighted by Crippen LogP contribution is -2.18. The summed E-state index contributed by atoms with van der Waals surface area (Å²) in [6.07, 6.45) is 4.40. The molecule has 1 amide bonds. The highest BCUT2D eigenvalue weighted by atomic mass is 32.1. The third-order valence-electron chi connectivity index (χ3n) is 5.52. The van der Waals surface area contributed by atoms with Crippen molar-refractivity contribution in [1.29, 1.82) is 0 Å². The van der Waals surface area contributed by atoms with Crippen LogP contribution in [0.15, 0.2) is 36.5 Å². The minimum Gasteiger partial charge on any atom is -0.456 e. The van der Waals surface area contributed by atoms with Crippen molar-refractivity contribution in [1.82, 2.24) is 15.2 Å². The molecule has 0 saturated carbocycles. The molecule has 5 rings (SSSR count). The number of ether oxygens (including phenoxy) is 1. The van der Waals surface area contributed by atoms with E-state index < -0.39 is 0 Å². The average molecular weight is 438 g/mol. The zero-order chi connectivity index (χ0) is 20.7. The predicted molar refractivity (Wildman–Crippen MR) is 124 cm³/mol. The molecule has 1 aliphatic rings. The second-order valence-electron chi connectivity index (χ2n) is 7.59. The summed E-state index contributed by atoms with van der Waals surface area (Å²) in [4.78, 5) is 21.6. The average Bonchev–Trinajstić information content (AvgIpc) is 3.46. The number of hydrogen-bond donors (Lipinski definition) is 1. The number of carbonyl (C=O) groups excluding carboxylic acids is 1. The van der Waals surface area contributed by atoms with Gasteiger partial charge in [-0.15, -0.1) is 22.7 Å². The quantitative estimate of drug-likeness (QED) is 0.444. The zero-order valence-corrected chi connectivity index (χ0v) is 18.7. The van der Waals surface area contributed by atoms with Crippen LogP contribution in [0.3, 0.4) is 0 Å². The molecule has 30 heavy (non-hydrogen) atoms. The molecular formula is C23H23N3O2S2. The molecular weight excluding hydrogens is 414 g/mol. The first kappa shape index (κ1) is 19.5. The fourth-order valence-corrected chi connectivity index (χ4v) is 6.28. The maximum Gasteiger partial charge on any atom is 0.252 e. The number of amides is 1. The fourth-order valence-electron chi connectivity index (χ4n) is 4.08. The number of pyridine rings is 1. The fraction of sp³-hybridized carbons (Fsp3) is 0.304. The maximum atomic E-state index is 12.2. The van der Waals surface area contributed by atoms with E-state index in [1.165, 1.54) is 30.8 Å². The van der Waals surface area contributed by atoms with E-state index in [0.717, 1.165) is 48.8 Å². The lowest BCUT2D eigenvalue weighted by atomic mass is 10.1. The van der Waals surface area contributed by atoms with Crippen LogP contribution in [0.2, 0.25) is 0 Å².